The van der Waals surface area contributed by atoms with Crippen molar-refractivity contribution in [3.63, 3.8) is 0 Å². The zero-order valence-electron chi connectivity index (χ0n) is 15.3. The minimum Gasteiger partial charge on any atom is -0.494 e. The quantitative estimate of drug-likeness (QED) is 0.870. The minimum atomic E-state index is -0.333. The summed E-state index contributed by atoms with van der Waals surface area (Å²) in [6, 6.07) is 10.7. The molecular weight excluding hydrogens is 330 g/mol. The van der Waals surface area contributed by atoms with Crippen molar-refractivity contribution in [3.8, 4) is 5.75 Å². The third kappa shape index (κ3) is 3.79. The maximum Gasteiger partial charge on any atom is 0.323 e. The summed E-state index contributed by atoms with van der Waals surface area (Å²) in [6.07, 6.45) is 1.40. The fourth-order valence-electron chi connectivity index (χ4n) is 2.99. The van der Waals surface area contributed by atoms with Gasteiger partial charge >= 0.3 is 6.03 Å². The molecule has 1 heterocycles. The summed E-state index contributed by atoms with van der Waals surface area (Å²) < 4.78 is 5.41. The first kappa shape index (κ1) is 17.8. The number of rotatable bonds is 4. The maximum atomic E-state index is 12.2. The molecule has 6 heteroatoms. The predicted octanol–water partition coefficient (Wildman–Crippen LogP) is 4.08. The number of amides is 3. The first-order valence-corrected chi connectivity index (χ1v) is 8.61. The van der Waals surface area contributed by atoms with E-state index in [1.165, 1.54) is 5.56 Å². The van der Waals surface area contributed by atoms with Gasteiger partial charge in [-0.05, 0) is 55.7 Å². The van der Waals surface area contributed by atoms with Gasteiger partial charge in [0.1, 0.15) is 5.75 Å². The molecule has 0 spiro atoms. The highest BCUT2D eigenvalue weighted by Gasteiger charge is 2.24. The van der Waals surface area contributed by atoms with Crippen molar-refractivity contribution < 1.29 is 14.3 Å². The van der Waals surface area contributed by atoms with Crippen molar-refractivity contribution in [2.24, 2.45) is 0 Å². The van der Waals surface area contributed by atoms with E-state index in [9.17, 15) is 9.59 Å². The van der Waals surface area contributed by atoms with Crippen molar-refractivity contribution in [1.29, 1.82) is 0 Å². The van der Waals surface area contributed by atoms with Gasteiger partial charge in [0.25, 0.3) is 0 Å². The van der Waals surface area contributed by atoms with Crippen LogP contribution in [0.15, 0.2) is 36.4 Å². The van der Waals surface area contributed by atoms with Gasteiger partial charge < -0.3 is 20.3 Å². The number of nitrogens with one attached hydrogen (secondary N) is 2. The number of hydrogen-bond donors (Lipinski definition) is 2. The van der Waals surface area contributed by atoms with Crippen molar-refractivity contribution >= 4 is 29.0 Å². The molecule has 3 amide bonds. The molecule has 26 heavy (non-hydrogen) atoms. The third-order valence-corrected chi connectivity index (χ3v) is 4.57. The Hall–Kier alpha value is -3.02. The fraction of sp³-hybridized carbons (Fsp3) is 0.300. The molecule has 2 N–H and O–H groups in total. The SMILES string of the molecule is COc1cc(NC(=O)Nc2ccc(C)c(C)c2)ccc1N1CCCC1=O. The highest BCUT2D eigenvalue weighted by Crippen LogP contribution is 2.33. The second-order valence-corrected chi connectivity index (χ2v) is 6.41. The Balaban J connectivity index is 1.72. The number of hydrogen-bond acceptors (Lipinski definition) is 3. The van der Waals surface area contributed by atoms with E-state index in [1.807, 2.05) is 32.0 Å². The van der Waals surface area contributed by atoms with Gasteiger partial charge in [-0.25, -0.2) is 4.79 Å². The second kappa shape index (κ2) is 7.47. The number of nitrogens with zero attached hydrogens (tertiary/aromatic N) is 1. The van der Waals surface area contributed by atoms with E-state index in [0.717, 1.165) is 23.4 Å². The van der Waals surface area contributed by atoms with E-state index >= 15 is 0 Å². The molecule has 2 aromatic carbocycles. The van der Waals surface area contributed by atoms with Gasteiger partial charge in [-0.2, -0.15) is 0 Å². The monoisotopic (exact) mass is 353 g/mol. The van der Waals surface area contributed by atoms with Crippen LogP contribution in [0.1, 0.15) is 24.0 Å². The zero-order valence-corrected chi connectivity index (χ0v) is 15.3. The molecule has 1 aliphatic heterocycles. The van der Waals surface area contributed by atoms with Crippen LogP contribution in [-0.2, 0) is 4.79 Å². The van der Waals surface area contributed by atoms with Gasteiger partial charge in [-0.15, -0.1) is 0 Å². The summed E-state index contributed by atoms with van der Waals surface area (Å²) in [5.74, 6) is 0.653. The number of aryl methyl sites for hydroxylation is 2. The molecule has 0 aromatic heterocycles. The molecule has 0 radical (unpaired) electrons. The summed E-state index contributed by atoms with van der Waals surface area (Å²) in [7, 11) is 1.55. The highest BCUT2D eigenvalue weighted by atomic mass is 16.5. The molecule has 0 saturated carbocycles. The number of carbonyl (C=O) groups excluding carboxylic acids is 2. The lowest BCUT2D eigenvalue weighted by Crippen LogP contribution is -2.24. The Morgan fingerprint density at radius 2 is 1.73 bits per heavy atom. The normalized spacial score (nSPS) is 13.7. The van der Waals surface area contributed by atoms with Crippen LogP contribution in [-0.4, -0.2) is 25.6 Å². The Morgan fingerprint density at radius 1 is 1.04 bits per heavy atom. The Labute approximate surface area is 153 Å². The van der Waals surface area contributed by atoms with E-state index in [0.29, 0.717) is 24.4 Å². The van der Waals surface area contributed by atoms with Crippen molar-refractivity contribution in [2.45, 2.75) is 26.7 Å². The molecule has 0 aliphatic carbocycles. The molecule has 0 atom stereocenters. The molecule has 0 unspecified atom stereocenters. The van der Waals surface area contributed by atoms with Crippen LogP contribution < -0.4 is 20.3 Å². The van der Waals surface area contributed by atoms with Gasteiger partial charge in [0.05, 0.1) is 12.8 Å². The first-order valence-electron chi connectivity index (χ1n) is 8.61. The van der Waals surface area contributed by atoms with Gasteiger partial charge in [0, 0.05) is 30.4 Å². The number of anilines is 3. The van der Waals surface area contributed by atoms with E-state index in [1.54, 1.807) is 30.2 Å². The summed E-state index contributed by atoms with van der Waals surface area (Å²) in [5, 5.41) is 5.61. The first-order chi connectivity index (χ1) is 12.5. The molecule has 1 aliphatic rings. The minimum absolute atomic E-state index is 0.0940. The van der Waals surface area contributed by atoms with E-state index in [4.69, 9.17) is 4.74 Å². The van der Waals surface area contributed by atoms with Gasteiger partial charge in [0.15, 0.2) is 0 Å². The second-order valence-electron chi connectivity index (χ2n) is 6.41. The van der Waals surface area contributed by atoms with E-state index < -0.39 is 0 Å². The summed E-state index contributed by atoms with van der Waals surface area (Å²) in [6.45, 7) is 4.72. The van der Waals surface area contributed by atoms with Crippen molar-refractivity contribution in [1.82, 2.24) is 0 Å². The lowest BCUT2D eigenvalue weighted by atomic mass is 10.1. The predicted molar refractivity (Wildman–Crippen MR) is 103 cm³/mol. The summed E-state index contributed by atoms with van der Waals surface area (Å²) >= 11 is 0. The summed E-state index contributed by atoms with van der Waals surface area (Å²) in [4.78, 5) is 25.9. The average molecular weight is 353 g/mol. The molecule has 1 fully saturated rings. The summed E-state index contributed by atoms with van der Waals surface area (Å²) in [5.41, 5.74) is 4.35. The Morgan fingerprint density at radius 3 is 2.35 bits per heavy atom. The standard InChI is InChI=1S/C20H23N3O3/c1-13-6-7-15(11-14(13)2)21-20(25)22-16-8-9-17(18(12-16)26-3)23-10-4-5-19(23)24/h6-9,11-12H,4-5,10H2,1-3H3,(H2,21,22,25). The van der Waals surface area contributed by atoms with Crippen LogP contribution >= 0.6 is 0 Å². The zero-order chi connectivity index (χ0) is 18.7. The molecule has 1 saturated heterocycles. The van der Waals surface area contributed by atoms with Crippen LogP contribution in [0.5, 0.6) is 5.75 Å². The van der Waals surface area contributed by atoms with Crippen LogP contribution in [0.25, 0.3) is 0 Å². The fourth-order valence-corrected chi connectivity index (χ4v) is 2.99. The van der Waals surface area contributed by atoms with Crippen molar-refractivity contribution in [3.05, 3.63) is 47.5 Å². The number of benzene rings is 2. The van der Waals surface area contributed by atoms with Gasteiger partial charge in [0.2, 0.25) is 5.91 Å². The van der Waals surface area contributed by atoms with E-state index in [2.05, 4.69) is 10.6 Å². The molecule has 6 nitrogen and oxygen atoms in total. The topological polar surface area (TPSA) is 70.7 Å². The number of ether oxygens (including phenoxy) is 1. The van der Waals surface area contributed by atoms with Gasteiger partial charge in [-0.3, -0.25) is 4.79 Å². The van der Waals surface area contributed by atoms with Crippen LogP contribution in [0.3, 0.4) is 0 Å². The Kier molecular flexibility index (Phi) is 5.11. The number of carbonyl (C=O) groups is 2. The molecule has 3 rings (SSSR count). The number of urea groups is 1. The van der Waals surface area contributed by atoms with E-state index in [-0.39, 0.29) is 11.9 Å². The maximum absolute atomic E-state index is 12.2. The van der Waals surface area contributed by atoms with Gasteiger partial charge in [-0.1, -0.05) is 6.07 Å². The number of methoxy groups -OCH3 is 1. The van der Waals surface area contributed by atoms with Crippen molar-refractivity contribution in [2.75, 3.05) is 29.2 Å². The molecular formula is C20H23N3O3. The molecule has 136 valence electrons. The van der Waals surface area contributed by atoms with Crippen LogP contribution in [0, 0.1) is 13.8 Å². The molecule has 2 aromatic rings. The Bertz CT molecular complexity index is 848. The lowest BCUT2D eigenvalue weighted by molar-refractivity contribution is -0.117. The lowest BCUT2D eigenvalue weighted by Gasteiger charge is -2.19. The van der Waals surface area contributed by atoms with Crippen LogP contribution in [0.4, 0.5) is 21.9 Å². The van der Waals surface area contributed by atoms with Crippen LogP contribution in [0.2, 0.25) is 0 Å². The highest BCUT2D eigenvalue weighted by molar-refractivity contribution is 6.01. The molecule has 0 bridgehead atoms. The average Bonchev–Trinajstić information content (AvgIpc) is 3.04. The smallest absolute Gasteiger partial charge is 0.323 e. The third-order valence-electron chi connectivity index (χ3n) is 4.57. The largest absolute Gasteiger partial charge is 0.494 e.